The highest BCUT2D eigenvalue weighted by Gasteiger charge is 2.14. The lowest BCUT2D eigenvalue weighted by Gasteiger charge is -2.14. The molecule has 0 aliphatic heterocycles. The van der Waals surface area contributed by atoms with E-state index in [9.17, 15) is 4.79 Å². The molecule has 0 spiro atoms. The number of nitrogens with one attached hydrogen (secondary N) is 1. The van der Waals surface area contributed by atoms with Crippen molar-refractivity contribution in [3.8, 4) is 5.75 Å². The quantitative estimate of drug-likeness (QED) is 0.744. The Labute approximate surface area is 141 Å². The molecule has 2 aromatic carbocycles. The Kier molecular flexibility index (Phi) is 5.42. The van der Waals surface area contributed by atoms with Crippen molar-refractivity contribution >= 4 is 43.5 Å². The van der Waals surface area contributed by atoms with Gasteiger partial charge in [0.15, 0.2) is 0 Å². The summed E-state index contributed by atoms with van der Waals surface area (Å²) in [6.45, 7) is 3.86. The Morgan fingerprint density at radius 1 is 1.10 bits per heavy atom. The normalized spacial score (nSPS) is 10.5. The zero-order chi connectivity index (χ0) is 15.4. The summed E-state index contributed by atoms with van der Waals surface area (Å²) in [5.74, 6) is 0.366. The zero-order valence-electron chi connectivity index (χ0n) is 11.7. The van der Waals surface area contributed by atoms with Crippen molar-refractivity contribution in [2.24, 2.45) is 0 Å². The van der Waals surface area contributed by atoms with Crippen LogP contribution in [0, 0.1) is 0 Å². The summed E-state index contributed by atoms with van der Waals surface area (Å²) in [6.07, 6.45) is 0.00333. The molecule has 21 heavy (non-hydrogen) atoms. The van der Waals surface area contributed by atoms with E-state index < -0.39 is 0 Å². The van der Waals surface area contributed by atoms with Crippen molar-refractivity contribution < 1.29 is 9.53 Å². The highest BCUT2D eigenvalue weighted by molar-refractivity contribution is 9.10. The first kappa shape index (κ1) is 16.0. The molecule has 3 nitrogen and oxygen atoms in total. The van der Waals surface area contributed by atoms with Gasteiger partial charge < -0.3 is 10.1 Å². The summed E-state index contributed by atoms with van der Waals surface area (Å²) in [4.78, 5) is 12.5. The van der Waals surface area contributed by atoms with Gasteiger partial charge in [-0.3, -0.25) is 4.79 Å². The van der Waals surface area contributed by atoms with E-state index in [-0.39, 0.29) is 12.0 Å². The van der Waals surface area contributed by atoms with Crippen LogP contribution in [0.15, 0.2) is 51.4 Å². The first-order valence-electron chi connectivity index (χ1n) is 6.49. The molecule has 0 aliphatic carbocycles. The number of carbonyl (C=O) groups excluding carboxylic acids is 1. The lowest BCUT2D eigenvalue weighted by Crippen LogP contribution is -2.15. The number of rotatable bonds is 4. The van der Waals surface area contributed by atoms with Crippen LogP contribution in [0.1, 0.15) is 24.2 Å². The van der Waals surface area contributed by atoms with Gasteiger partial charge in [-0.05, 0) is 50.2 Å². The third-order valence-corrected chi connectivity index (χ3v) is 3.62. The molecule has 0 aromatic heterocycles. The number of anilines is 1. The second-order valence-corrected chi connectivity index (χ2v) is 6.60. The number of amides is 1. The summed E-state index contributed by atoms with van der Waals surface area (Å²) < 4.78 is 7.43. The first-order chi connectivity index (χ1) is 9.95. The molecule has 0 heterocycles. The summed E-state index contributed by atoms with van der Waals surface area (Å²) in [6, 6.07) is 12.9. The van der Waals surface area contributed by atoms with Crippen LogP contribution in [-0.4, -0.2) is 12.0 Å². The van der Waals surface area contributed by atoms with Gasteiger partial charge in [-0.15, -0.1) is 0 Å². The lowest BCUT2D eigenvalue weighted by molar-refractivity contribution is 0.102. The number of hydrogen-bond donors (Lipinski definition) is 1. The Hall–Kier alpha value is -1.33. The van der Waals surface area contributed by atoms with E-state index in [1.165, 1.54) is 0 Å². The van der Waals surface area contributed by atoms with Crippen molar-refractivity contribution in [2.45, 2.75) is 20.0 Å². The standard InChI is InChI=1S/C16H15Br2NO2/c1-10(2)21-15-7-6-12(18)9-14(15)16(20)19-13-5-3-4-11(17)8-13/h3-10H,1-2H3,(H,19,20). The van der Waals surface area contributed by atoms with E-state index in [4.69, 9.17) is 4.74 Å². The van der Waals surface area contributed by atoms with E-state index >= 15 is 0 Å². The summed E-state index contributed by atoms with van der Waals surface area (Å²) in [5.41, 5.74) is 1.22. The van der Waals surface area contributed by atoms with Gasteiger partial charge in [-0.2, -0.15) is 0 Å². The van der Waals surface area contributed by atoms with Crippen LogP contribution in [-0.2, 0) is 0 Å². The van der Waals surface area contributed by atoms with Crippen molar-refractivity contribution in [3.05, 3.63) is 57.0 Å². The molecular formula is C16H15Br2NO2. The monoisotopic (exact) mass is 411 g/mol. The maximum Gasteiger partial charge on any atom is 0.259 e. The van der Waals surface area contributed by atoms with Gasteiger partial charge in [0.2, 0.25) is 0 Å². The lowest BCUT2D eigenvalue weighted by atomic mass is 10.1. The Balaban J connectivity index is 2.27. The minimum absolute atomic E-state index is 0.00333. The molecule has 2 aromatic rings. The smallest absolute Gasteiger partial charge is 0.259 e. The summed E-state index contributed by atoms with van der Waals surface area (Å²) in [7, 11) is 0. The van der Waals surface area contributed by atoms with E-state index in [0.717, 1.165) is 14.6 Å². The van der Waals surface area contributed by atoms with E-state index in [1.807, 2.05) is 44.2 Å². The van der Waals surface area contributed by atoms with Crippen LogP contribution < -0.4 is 10.1 Å². The van der Waals surface area contributed by atoms with Crippen molar-refractivity contribution in [2.75, 3.05) is 5.32 Å². The van der Waals surface area contributed by atoms with Crippen LogP contribution >= 0.6 is 31.9 Å². The highest BCUT2D eigenvalue weighted by atomic mass is 79.9. The predicted octanol–water partition coefficient (Wildman–Crippen LogP) is 5.25. The van der Waals surface area contributed by atoms with E-state index in [2.05, 4.69) is 37.2 Å². The molecule has 0 saturated carbocycles. The van der Waals surface area contributed by atoms with Gasteiger partial charge in [-0.25, -0.2) is 0 Å². The van der Waals surface area contributed by atoms with Gasteiger partial charge in [0.05, 0.1) is 11.7 Å². The third kappa shape index (κ3) is 4.58. The summed E-state index contributed by atoms with van der Waals surface area (Å²) >= 11 is 6.77. The van der Waals surface area contributed by atoms with Crippen molar-refractivity contribution in [3.63, 3.8) is 0 Å². The number of halogens is 2. The van der Waals surface area contributed by atoms with Gasteiger partial charge in [0.25, 0.3) is 5.91 Å². The molecule has 0 aliphatic rings. The van der Waals surface area contributed by atoms with Crippen LogP contribution in [0.2, 0.25) is 0 Å². The zero-order valence-corrected chi connectivity index (χ0v) is 14.9. The second kappa shape index (κ2) is 7.09. The van der Waals surface area contributed by atoms with Crippen molar-refractivity contribution in [1.29, 1.82) is 0 Å². The SMILES string of the molecule is CC(C)Oc1ccc(Br)cc1C(=O)Nc1cccc(Br)c1. The summed E-state index contributed by atoms with van der Waals surface area (Å²) in [5, 5.41) is 2.87. The molecule has 5 heteroatoms. The predicted molar refractivity (Wildman–Crippen MR) is 92.0 cm³/mol. The van der Waals surface area contributed by atoms with Crippen molar-refractivity contribution in [1.82, 2.24) is 0 Å². The molecule has 0 atom stereocenters. The molecule has 1 amide bonds. The molecule has 0 unspecified atom stereocenters. The van der Waals surface area contributed by atoms with Gasteiger partial charge in [0, 0.05) is 14.6 Å². The average molecular weight is 413 g/mol. The average Bonchev–Trinajstić information content (AvgIpc) is 2.40. The fourth-order valence-corrected chi connectivity index (χ4v) is 2.56. The van der Waals surface area contributed by atoms with Crippen LogP contribution in [0.4, 0.5) is 5.69 Å². The second-order valence-electron chi connectivity index (χ2n) is 4.77. The van der Waals surface area contributed by atoms with Crippen LogP contribution in [0.25, 0.3) is 0 Å². The number of ether oxygens (including phenoxy) is 1. The molecular weight excluding hydrogens is 398 g/mol. The molecule has 2 rings (SSSR count). The Morgan fingerprint density at radius 3 is 2.48 bits per heavy atom. The Bertz CT molecular complexity index is 656. The molecule has 0 fully saturated rings. The topological polar surface area (TPSA) is 38.3 Å². The molecule has 0 radical (unpaired) electrons. The number of carbonyl (C=O) groups is 1. The van der Waals surface area contributed by atoms with E-state index in [1.54, 1.807) is 12.1 Å². The number of benzene rings is 2. The fourth-order valence-electron chi connectivity index (χ4n) is 1.80. The minimum atomic E-state index is -0.204. The van der Waals surface area contributed by atoms with Gasteiger partial charge in [-0.1, -0.05) is 37.9 Å². The van der Waals surface area contributed by atoms with Gasteiger partial charge >= 0.3 is 0 Å². The minimum Gasteiger partial charge on any atom is -0.490 e. The fraction of sp³-hybridized carbons (Fsp3) is 0.188. The molecule has 1 N–H and O–H groups in total. The molecule has 110 valence electrons. The van der Waals surface area contributed by atoms with Crippen LogP contribution in [0.3, 0.4) is 0 Å². The van der Waals surface area contributed by atoms with E-state index in [0.29, 0.717) is 11.3 Å². The Morgan fingerprint density at radius 2 is 1.81 bits per heavy atom. The maximum absolute atomic E-state index is 12.5. The van der Waals surface area contributed by atoms with Gasteiger partial charge in [0.1, 0.15) is 5.75 Å². The molecule has 0 bridgehead atoms. The third-order valence-electron chi connectivity index (χ3n) is 2.63. The first-order valence-corrected chi connectivity index (χ1v) is 8.07. The maximum atomic E-state index is 12.5. The molecule has 0 saturated heterocycles. The number of hydrogen-bond acceptors (Lipinski definition) is 2. The largest absolute Gasteiger partial charge is 0.490 e. The van der Waals surface area contributed by atoms with Crippen LogP contribution in [0.5, 0.6) is 5.75 Å². The highest BCUT2D eigenvalue weighted by Crippen LogP contribution is 2.26.